The molecule has 2 fully saturated rings. The highest BCUT2D eigenvalue weighted by atomic mass is 35.5. The minimum absolute atomic E-state index is 0. The van der Waals surface area contributed by atoms with Gasteiger partial charge in [0.2, 0.25) is 11.0 Å². The van der Waals surface area contributed by atoms with E-state index >= 15 is 0 Å². The molecule has 13 nitrogen and oxygen atoms in total. The molecule has 3 aromatic rings. The number of aliphatic hydroxyl groups is 8. The van der Waals surface area contributed by atoms with E-state index in [2.05, 4.69) is 10.6 Å². The predicted octanol–water partition coefficient (Wildman–Crippen LogP) is -5.75. The van der Waals surface area contributed by atoms with Crippen LogP contribution in [0.4, 0.5) is 11.4 Å². The first-order chi connectivity index (χ1) is 18.6. The molecule has 2 aromatic carbocycles. The summed E-state index contributed by atoms with van der Waals surface area (Å²) >= 11 is 0. The van der Waals surface area contributed by atoms with Gasteiger partial charge in [-0.3, -0.25) is 0 Å². The summed E-state index contributed by atoms with van der Waals surface area (Å²) < 4.78 is 13.0. The normalized spacial score (nSPS) is 34.4. The molecule has 0 amide bonds. The van der Waals surface area contributed by atoms with Gasteiger partial charge in [-0.2, -0.15) is 4.57 Å². The van der Waals surface area contributed by atoms with E-state index in [0.717, 1.165) is 21.8 Å². The zero-order valence-corrected chi connectivity index (χ0v) is 22.2. The number of pyridine rings is 1. The van der Waals surface area contributed by atoms with Crippen LogP contribution in [0.1, 0.15) is 0 Å². The van der Waals surface area contributed by atoms with Gasteiger partial charge in [-0.15, -0.1) is 0 Å². The fraction of sp³-hybridized carbons (Fsp3) is 0.500. The zero-order chi connectivity index (χ0) is 28.0. The Balaban J connectivity index is 0.00000370. The Morgan fingerprint density at radius 1 is 0.625 bits per heavy atom. The Kier molecular flexibility index (Phi) is 9.34. The van der Waals surface area contributed by atoms with Crippen LogP contribution in [-0.4, -0.2) is 115 Å². The molecule has 10 atom stereocenters. The van der Waals surface area contributed by atoms with Crippen LogP contribution in [0.2, 0.25) is 0 Å². The maximum atomic E-state index is 10.4. The first-order valence-electron chi connectivity index (χ1n) is 12.6. The smallest absolute Gasteiger partial charge is 0.214 e. The predicted molar refractivity (Wildman–Crippen MR) is 137 cm³/mol. The van der Waals surface area contributed by atoms with Crippen molar-refractivity contribution < 1.29 is 67.3 Å². The van der Waals surface area contributed by atoms with Crippen molar-refractivity contribution in [2.24, 2.45) is 7.05 Å². The topological polar surface area (TPSA) is 208 Å². The van der Waals surface area contributed by atoms with Crippen molar-refractivity contribution >= 4 is 33.2 Å². The molecule has 0 saturated carbocycles. The van der Waals surface area contributed by atoms with Crippen molar-refractivity contribution in [1.29, 1.82) is 0 Å². The molecule has 14 heteroatoms. The van der Waals surface area contributed by atoms with E-state index in [4.69, 9.17) is 9.47 Å². The molecule has 2 aliphatic heterocycles. The lowest BCUT2D eigenvalue weighted by atomic mass is 9.98. The third-order valence-corrected chi connectivity index (χ3v) is 7.50. The number of rotatable bonds is 6. The molecular formula is C26H34ClN3O10. The Bertz CT molecular complexity index is 1230. The Morgan fingerprint density at radius 2 is 1.02 bits per heavy atom. The number of nitrogens with zero attached hydrogens (tertiary/aromatic N) is 1. The molecule has 0 bridgehead atoms. The van der Waals surface area contributed by atoms with Crippen LogP contribution in [-0.2, 0) is 16.5 Å². The minimum atomic E-state index is -1.50. The van der Waals surface area contributed by atoms with Gasteiger partial charge in [-0.25, -0.2) is 0 Å². The fourth-order valence-electron chi connectivity index (χ4n) is 5.16. The van der Waals surface area contributed by atoms with Crippen LogP contribution >= 0.6 is 0 Å². The average Bonchev–Trinajstić information content (AvgIpc) is 2.94. The Hall–Kier alpha value is -2.40. The molecule has 40 heavy (non-hydrogen) atoms. The minimum Gasteiger partial charge on any atom is -1.00 e. The molecule has 2 saturated heterocycles. The van der Waals surface area contributed by atoms with Crippen LogP contribution in [0.25, 0.3) is 21.8 Å². The summed E-state index contributed by atoms with van der Waals surface area (Å²) in [4.78, 5) is 0. The Morgan fingerprint density at radius 3 is 1.40 bits per heavy atom. The molecule has 0 radical (unpaired) electrons. The molecule has 3 heterocycles. The first kappa shape index (κ1) is 30.6. The zero-order valence-electron chi connectivity index (χ0n) is 21.4. The van der Waals surface area contributed by atoms with Crippen molar-refractivity contribution in [2.75, 3.05) is 23.8 Å². The largest absolute Gasteiger partial charge is 1.00 e. The summed E-state index contributed by atoms with van der Waals surface area (Å²) in [5.41, 5.74) is 2.75. The fourth-order valence-corrected chi connectivity index (χ4v) is 5.16. The van der Waals surface area contributed by atoms with E-state index in [9.17, 15) is 40.9 Å². The number of anilines is 2. The molecule has 1 aromatic heterocycles. The summed E-state index contributed by atoms with van der Waals surface area (Å²) in [6, 6.07) is 13.0. The maximum Gasteiger partial charge on any atom is 0.214 e. The van der Waals surface area contributed by atoms with Crippen molar-refractivity contribution in [3.8, 4) is 0 Å². The SMILES string of the molecule is C[n+]1c2cc(N[C@@H]3O[C@H](CO)[C@H](O)[C@H](O)[C@H]3O)ccc2cc2ccc(N[C@@H]3O[C@H](CO)[C@H](O)[C@H](O)[C@H]3O)cc21.[Cl-]. The molecule has 5 rings (SSSR count). The number of aliphatic hydroxyl groups excluding tert-OH is 8. The number of halogens is 1. The van der Waals surface area contributed by atoms with Gasteiger partial charge in [-0.1, -0.05) is 0 Å². The molecule has 0 spiro atoms. The van der Waals surface area contributed by atoms with Crippen molar-refractivity contribution in [3.63, 3.8) is 0 Å². The molecule has 10 N–H and O–H groups in total. The van der Waals surface area contributed by atoms with Gasteiger partial charge in [0.05, 0.1) is 13.2 Å². The second kappa shape index (κ2) is 12.2. The number of nitrogens with one attached hydrogen (secondary N) is 2. The molecule has 0 aliphatic carbocycles. The molecule has 220 valence electrons. The van der Waals surface area contributed by atoms with Gasteiger partial charge in [0.25, 0.3) is 0 Å². The van der Waals surface area contributed by atoms with Gasteiger partial charge in [0.15, 0.2) is 12.5 Å². The second-order valence-corrected chi connectivity index (χ2v) is 10.0. The summed E-state index contributed by atoms with van der Waals surface area (Å²) in [5.74, 6) is 0. The lowest BCUT2D eigenvalue weighted by Crippen LogP contribution is -3.00. The van der Waals surface area contributed by atoms with Crippen LogP contribution < -0.4 is 27.6 Å². The van der Waals surface area contributed by atoms with E-state index in [0.29, 0.717) is 11.4 Å². The number of hydrogen-bond donors (Lipinski definition) is 10. The van der Waals surface area contributed by atoms with Crippen molar-refractivity contribution in [2.45, 2.75) is 61.3 Å². The van der Waals surface area contributed by atoms with Crippen LogP contribution in [0.5, 0.6) is 0 Å². The van der Waals surface area contributed by atoms with E-state index in [-0.39, 0.29) is 12.4 Å². The number of aryl methyl sites for hydroxylation is 1. The average molecular weight is 584 g/mol. The summed E-state index contributed by atoms with van der Waals surface area (Å²) in [6.07, 6.45) is -13.0. The summed E-state index contributed by atoms with van der Waals surface area (Å²) in [7, 11) is 1.86. The van der Waals surface area contributed by atoms with Gasteiger partial charge in [0, 0.05) is 34.3 Å². The monoisotopic (exact) mass is 583 g/mol. The highest BCUT2D eigenvalue weighted by molar-refractivity contribution is 5.91. The third kappa shape index (κ3) is 5.55. The second-order valence-electron chi connectivity index (χ2n) is 10.0. The van der Waals surface area contributed by atoms with E-state index < -0.39 is 74.5 Å². The molecular weight excluding hydrogens is 550 g/mol. The van der Waals surface area contributed by atoms with Crippen molar-refractivity contribution in [1.82, 2.24) is 0 Å². The molecule has 0 unspecified atom stereocenters. The summed E-state index contributed by atoms with van der Waals surface area (Å²) in [6.45, 7) is -1.05. The lowest BCUT2D eigenvalue weighted by Gasteiger charge is -2.40. The van der Waals surface area contributed by atoms with E-state index in [1.807, 2.05) is 41.9 Å². The highest BCUT2D eigenvalue weighted by Crippen LogP contribution is 2.28. The van der Waals surface area contributed by atoms with Gasteiger partial charge in [0.1, 0.15) is 55.9 Å². The van der Waals surface area contributed by atoms with Gasteiger partial charge in [-0.05, 0) is 30.3 Å². The number of aromatic nitrogens is 1. The van der Waals surface area contributed by atoms with E-state index in [1.165, 1.54) is 0 Å². The maximum absolute atomic E-state index is 10.4. The third-order valence-electron chi connectivity index (χ3n) is 7.50. The quantitative estimate of drug-likeness (QED) is 0.0972. The van der Waals surface area contributed by atoms with Crippen LogP contribution in [0.15, 0.2) is 42.5 Å². The van der Waals surface area contributed by atoms with E-state index in [1.54, 1.807) is 12.1 Å². The van der Waals surface area contributed by atoms with Crippen molar-refractivity contribution in [3.05, 3.63) is 42.5 Å². The number of fused-ring (bicyclic) bond motifs is 2. The van der Waals surface area contributed by atoms with Gasteiger partial charge >= 0.3 is 0 Å². The number of benzene rings is 2. The molecule has 2 aliphatic rings. The highest BCUT2D eigenvalue weighted by Gasteiger charge is 2.44. The standard InChI is InChI=1S/C26H33N3O10.ClH/c1-29-15-7-13(27-25-23(36)21(34)19(32)17(9-30)38-25)4-2-11(15)6-12-3-5-14(8-16(12)29)28-26-24(37)22(35)20(33)18(10-31)39-26;/h2-8,17-26,30-37H,9-10H2,1H3,(H,27,28);1H/t17-,18-,19+,20+,21+,22+,23-,24-,25-,26-;/m1./s1. The number of hydrogen-bond acceptors (Lipinski definition) is 12. The van der Waals surface area contributed by atoms with Crippen LogP contribution in [0, 0.1) is 0 Å². The Labute approximate surface area is 235 Å². The first-order valence-corrected chi connectivity index (χ1v) is 12.6. The van der Waals surface area contributed by atoms with Crippen LogP contribution in [0.3, 0.4) is 0 Å². The van der Waals surface area contributed by atoms with Gasteiger partial charge < -0.3 is 73.4 Å². The lowest BCUT2D eigenvalue weighted by molar-refractivity contribution is -0.617. The number of ether oxygens (including phenoxy) is 2. The summed E-state index contributed by atoms with van der Waals surface area (Å²) in [5, 5.41) is 87.7.